The number of nitrogens with one attached hydrogen (secondary N) is 1. The highest BCUT2D eigenvalue weighted by atomic mass is 35.5. The summed E-state index contributed by atoms with van der Waals surface area (Å²) in [6.45, 7) is 6.24. The first-order valence-electron chi connectivity index (χ1n) is 7.66. The molecular formula is C17H20Cl2N2O2. The minimum Gasteiger partial charge on any atom is -0.411 e. The van der Waals surface area contributed by atoms with Gasteiger partial charge in [-0.25, -0.2) is 0 Å². The Hall–Kier alpha value is -1.26. The number of amides is 1. The van der Waals surface area contributed by atoms with Gasteiger partial charge >= 0.3 is 0 Å². The molecule has 0 aliphatic heterocycles. The van der Waals surface area contributed by atoms with E-state index in [2.05, 4.69) is 31.2 Å². The first-order chi connectivity index (χ1) is 10.7. The molecule has 0 aromatic heterocycles. The first kappa shape index (κ1) is 16.6. The second-order valence-corrected chi connectivity index (χ2v) is 8.18. The lowest BCUT2D eigenvalue weighted by Gasteiger charge is -2.39. The monoisotopic (exact) mass is 354 g/mol. The highest BCUT2D eigenvalue weighted by molar-refractivity contribution is 6.35. The fourth-order valence-electron chi connectivity index (χ4n) is 4.37. The van der Waals surface area contributed by atoms with Crippen molar-refractivity contribution in [1.82, 2.24) is 0 Å². The van der Waals surface area contributed by atoms with Crippen molar-refractivity contribution in [3.63, 3.8) is 0 Å². The van der Waals surface area contributed by atoms with Crippen molar-refractivity contribution in [3.8, 4) is 0 Å². The number of rotatable bonds is 2. The number of carbonyl (C=O) groups excluding carboxylic acids is 1. The SMILES string of the molecule is CC1(C)[C@]2(C(=O)Nc3cc(Cl)ccc3Cl)CC[C@@]1(C)/C(=N\O)C2. The van der Waals surface area contributed by atoms with E-state index in [1.54, 1.807) is 18.2 Å². The Balaban J connectivity index is 1.98. The molecule has 2 fully saturated rings. The van der Waals surface area contributed by atoms with Crippen LogP contribution in [0.3, 0.4) is 0 Å². The summed E-state index contributed by atoms with van der Waals surface area (Å²) in [5.41, 5.74) is 0.0431. The van der Waals surface area contributed by atoms with Gasteiger partial charge in [0.1, 0.15) is 0 Å². The molecule has 3 rings (SSSR count). The Kier molecular flexibility index (Phi) is 3.69. The molecule has 0 spiro atoms. The number of fused-ring (bicyclic) bond motifs is 2. The number of nitrogens with zero attached hydrogens (tertiary/aromatic N) is 1. The summed E-state index contributed by atoms with van der Waals surface area (Å²) in [5, 5.41) is 16.8. The Morgan fingerprint density at radius 1 is 1.26 bits per heavy atom. The minimum absolute atomic E-state index is 0.0889. The maximum atomic E-state index is 13.1. The van der Waals surface area contributed by atoms with Crippen molar-refractivity contribution in [2.75, 3.05) is 5.32 Å². The third-order valence-corrected chi connectivity index (χ3v) is 7.03. The predicted octanol–water partition coefficient (Wildman–Crippen LogP) is 4.98. The normalized spacial score (nSPS) is 33.2. The number of oxime groups is 1. The van der Waals surface area contributed by atoms with Crippen molar-refractivity contribution >= 4 is 40.5 Å². The van der Waals surface area contributed by atoms with Crippen LogP contribution in [0.25, 0.3) is 0 Å². The average molecular weight is 355 g/mol. The Labute approximate surface area is 145 Å². The van der Waals surface area contributed by atoms with Gasteiger partial charge in [-0.1, -0.05) is 49.1 Å². The smallest absolute Gasteiger partial charge is 0.231 e. The Bertz CT molecular complexity index is 717. The van der Waals surface area contributed by atoms with Crippen LogP contribution >= 0.6 is 23.2 Å². The van der Waals surface area contributed by atoms with E-state index >= 15 is 0 Å². The molecule has 0 saturated heterocycles. The summed E-state index contributed by atoms with van der Waals surface area (Å²) >= 11 is 12.2. The van der Waals surface area contributed by atoms with Crippen molar-refractivity contribution < 1.29 is 10.0 Å². The third-order valence-electron chi connectivity index (χ3n) is 6.47. The fourth-order valence-corrected chi connectivity index (χ4v) is 4.71. The second-order valence-electron chi connectivity index (χ2n) is 7.34. The molecule has 2 saturated carbocycles. The predicted molar refractivity (Wildman–Crippen MR) is 92.5 cm³/mol. The molecule has 124 valence electrons. The molecule has 0 radical (unpaired) electrons. The van der Waals surface area contributed by atoms with Crippen LogP contribution in [0.4, 0.5) is 5.69 Å². The molecule has 6 heteroatoms. The van der Waals surface area contributed by atoms with Gasteiger partial charge in [-0.2, -0.15) is 0 Å². The lowest BCUT2D eigenvalue weighted by Crippen LogP contribution is -2.43. The number of anilines is 1. The van der Waals surface area contributed by atoms with Crippen LogP contribution in [0, 0.1) is 16.2 Å². The van der Waals surface area contributed by atoms with E-state index in [1.165, 1.54) is 0 Å². The molecule has 2 aliphatic rings. The highest BCUT2D eigenvalue weighted by Gasteiger charge is 2.71. The fraction of sp³-hybridized carbons (Fsp3) is 0.529. The number of hydrogen-bond donors (Lipinski definition) is 2. The average Bonchev–Trinajstić information content (AvgIpc) is 2.80. The topological polar surface area (TPSA) is 61.7 Å². The quantitative estimate of drug-likeness (QED) is 0.581. The van der Waals surface area contributed by atoms with Gasteiger partial charge in [0.15, 0.2) is 0 Å². The van der Waals surface area contributed by atoms with Crippen LogP contribution < -0.4 is 5.32 Å². The molecule has 4 nitrogen and oxygen atoms in total. The van der Waals surface area contributed by atoms with Crippen LogP contribution in [0.5, 0.6) is 0 Å². The number of carbonyl (C=O) groups is 1. The number of benzene rings is 1. The molecule has 23 heavy (non-hydrogen) atoms. The zero-order chi connectivity index (χ0) is 17.0. The third kappa shape index (κ3) is 2.04. The summed E-state index contributed by atoms with van der Waals surface area (Å²) in [7, 11) is 0. The van der Waals surface area contributed by atoms with E-state index in [-0.39, 0.29) is 16.7 Å². The van der Waals surface area contributed by atoms with Crippen molar-refractivity contribution in [3.05, 3.63) is 28.2 Å². The molecule has 0 unspecified atom stereocenters. The van der Waals surface area contributed by atoms with E-state index in [4.69, 9.17) is 23.2 Å². The van der Waals surface area contributed by atoms with E-state index in [1.807, 2.05) is 0 Å². The largest absolute Gasteiger partial charge is 0.411 e. The van der Waals surface area contributed by atoms with Gasteiger partial charge in [0.05, 0.1) is 21.8 Å². The molecule has 0 heterocycles. The van der Waals surface area contributed by atoms with Gasteiger partial charge in [0.25, 0.3) is 0 Å². The molecule has 1 amide bonds. The summed E-state index contributed by atoms with van der Waals surface area (Å²) in [6, 6.07) is 4.99. The van der Waals surface area contributed by atoms with E-state index in [9.17, 15) is 10.0 Å². The van der Waals surface area contributed by atoms with Crippen molar-refractivity contribution in [2.24, 2.45) is 21.4 Å². The van der Waals surface area contributed by atoms with E-state index < -0.39 is 5.41 Å². The van der Waals surface area contributed by atoms with Crippen molar-refractivity contribution in [2.45, 2.75) is 40.0 Å². The van der Waals surface area contributed by atoms with Crippen molar-refractivity contribution in [1.29, 1.82) is 0 Å². The molecule has 2 bridgehead atoms. The van der Waals surface area contributed by atoms with Crippen LogP contribution in [0.1, 0.15) is 40.0 Å². The van der Waals surface area contributed by atoms with Crippen LogP contribution in [0.15, 0.2) is 23.4 Å². The Morgan fingerprint density at radius 3 is 2.57 bits per heavy atom. The lowest BCUT2D eigenvalue weighted by molar-refractivity contribution is -0.130. The Morgan fingerprint density at radius 2 is 1.96 bits per heavy atom. The molecule has 2 atom stereocenters. The summed E-state index contributed by atoms with van der Waals surface area (Å²) in [5.74, 6) is -0.0889. The minimum atomic E-state index is -0.602. The zero-order valence-electron chi connectivity index (χ0n) is 13.4. The molecular weight excluding hydrogens is 335 g/mol. The highest BCUT2D eigenvalue weighted by Crippen LogP contribution is 2.71. The van der Waals surface area contributed by atoms with E-state index in [0.29, 0.717) is 27.9 Å². The van der Waals surface area contributed by atoms with Gasteiger partial charge < -0.3 is 10.5 Å². The summed E-state index contributed by atoms with van der Waals surface area (Å²) < 4.78 is 0. The van der Waals surface area contributed by atoms with E-state index in [0.717, 1.165) is 12.8 Å². The van der Waals surface area contributed by atoms with Crippen LogP contribution in [-0.2, 0) is 4.79 Å². The number of hydrogen-bond acceptors (Lipinski definition) is 3. The molecule has 2 N–H and O–H groups in total. The van der Waals surface area contributed by atoms with Gasteiger partial charge in [0.2, 0.25) is 5.91 Å². The lowest BCUT2D eigenvalue weighted by atomic mass is 9.64. The summed E-state index contributed by atoms with van der Waals surface area (Å²) in [6.07, 6.45) is 2.06. The maximum absolute atomic E-state index is 13.1. The molecule has 1 aromatic rings. The summed E-state index contributed by atoms with van der Waals surface area (Å²) in [4.78, 5) is 13.1. The molecule has 2 aliphatic carbocycles. The van der Waals surface area contributed by atoms with Crippen LogP contribution in [0.2, 0.25) is 10.0 Å². The second kappa shape index (κ2) is 5.12. The zero-order valence-corrected chi connectivity index (χ0v) is 14.9. The standard InChI is InChI=1S/C17H20Cl2N2O2/c1-15(2)16(3)6-7-17(15,9-13(16)21-23)14(22)20-12-8-10(18)4-5-11(12)19/h4-5,8,23H,6-7,9H2,1-3H3,(H,20,22)/b21-13-/t16-,17+/m0/s1. The first-order valence-corrected chi connectivity index (χ1v) is 8.41. The van der Waals surface area contributed by atoms with Gasteiger partial charge in [0, 0.05) is 16.9 Å². The molecule has 1 aromatic carbocycles. The number of halogens is 2. The van der Waals surface area contributed by atoms with Crippen LogP contribution in [-0.4, -0.2) is 16.8 Å². The van der Waals surface area contributed by atoms with Gasteiger partial charge in [-0.05, 0) is 36.5 Å². The van der Waals surface area contributed by atoms with Gasteiger partial charge in [-0.15, -0.1) is 0 Å². The van der Waals surface area contributed by atoms with Gasteiger partial charge in [-0.3, -0.25) is 4.79 Å². The maximum Gasteiger partial charge on any atom is 0.231 e.